The summed E-state index contributed by atoms with van der Waals surface area (Å²) in [6.07, 6.45) is -3.04. The molecular formula is C7H7F3O3. The van der Waals surface area contributed by atoms with Gasteiger partial charge in [-0.05, 0) is 13.0 Å². The minimum absolute atomic E-state index is 0.714. The average Bonchev–Trinajstić information content (AvgIpc) is 2.30. The summed E-state index contributed by atoms with van der Waals surface area (Å²) < 4.78 is 41.3. The van der Waals surface area contributed by atoms with Crippen molar-refractivity contribution in [2.45, 2.75) is 18.7 Å². The van der Waals surface area contributed by atoms with Crippen LogP contribution in [0.5, 0.6) is 0 Å². The maximum atomic E-state index is 12.3. The lowest BCUT2D eigenvalue weighted by Gasteiger charge is -2.30. The Hall–Kier alpha value is -1.20. The lowest BCUT2D eigenvalue weighted by molar-refractivity contribution is -0.261. The maximum absolute atomic E-state index is 12.3. The topological polar surface area (TPSA) is 46.5 Å². The molecule has 13 heavy (non-hydrogen) atoms. The molecule has 0 saturated carbocycles. The molecule has 0 amide bonds. The van der Waals surface area contributed by atoms with Crippen molar-refractivity contribution in [2.75, 3.05) is 0 Å². The third-order valence-corrected chi connectivity index (χ3v) is 2.01. The molecule has 0 aromatic carbocycles. The third-order valence-electron chi connectivity index (χ3n) is 2.01. The number of halogens is 3. The van der Waals surface area contributed by atoms with Gasteiger partial charge in [-0.1, -0.05) is 0 Å². The van der Waals surface area contributed by atoms with Crippen LogP contribution in [0.3, 0.4) is 0 Å². The first-order valence-corrected chi connectivity index (χ1v) is 3.43. The molecule has 0 spiro atoms. The van der Waals surface area contributed by atoms with Gasteiger partial charge in [-0.25, -0.2) is 0 Å². The molecule has 1 aliphatic rings. The van der Waals surface area contributed by atoms with E-state index in [4.69, 9.17) is 5.11 Å². The monoisotopic (exact) mass is 196 g/mol. The van der Waals surface area contributed by atoms with Gasteiger partial charge in [0.05, 0.1) is 6.26 Å². The number of ether oxygens (including phenoxy) is 1. The van der Waals surface area contributed by atoms with E-state index in [0.29, 0.717) is 6.92 Å². The van der Waals surface area contributed by atoms with Gasteiger partial charge in [-0.3, -0.25) is 4.79 Å². The fourth-order valence-electron chi connectivity index (χ4n) is 1.08. The number of aliphatic carboxylic acids is 1. The van der Waals surface area contributed by atoms with Crippen LogP contribution in [0.15, 0.2) is 12.3 Å². The van der Waals surface area contributed by atoms with Crippen molar-refractivity contribution in [1.82, 2.24) is 0 Å². The third kappa shape index (κ3) is 1.36. The molecule has 1 heterocycles. The van der Waals surface area contributed by atoms with E-state index >= 15 is 0 Å². The number of rotatable bonds is 1. The number of hydrogen-bond donors (Lipinski definition) is 1. The molecule has 0 bridgehead atoms. The Morgan fingerprint density at radius 1 is 1.62 bits per heavy atom. The van der Waals surface area contributed by atoms with Crippen LogP contribution in [-0.4, -0.2) is 22.9 Å². The summed E-state index contributed by atoms with van der Waals surface area (Å²) in [5.74, 6) is -3.22. The van der Waals surface area contributed by atoms with E-state index in [-0.39, 0.29) is 0 Å². The first kappa shape index (κ1) is 9.88. The van der Waals surface area contributed by atoms with Crippen molar-refractivity contribution in [2.24, 2.45) is 5.92 Å². The van der Waals surface area contributed by atoms with Crippen molar-refractivity contribution < 1.29 is 27.8 Å². The Morgan fingerprint density at radius 2 is 2.15 bits per heavy atom. The Bertz CT molecular complexity index is 258. The summed E-state index contributed by atoms with van der Waals surface area (Å²) in [4.78, 5) is 10.4. The summed E-state index contributed by atoms with van der Waals surface area (Å²) >= 11 is 0. The van der Waals surface area contributed by atoms with Gasteiger partial charge < -0.3 is 9.84 Å². The van der Waals surface area contributed by atoms with E-state index < -0.39 is 23.7 Å². The Morgan fingerprint density at radius 3 is 2.46 bits per heavy atom. The van der Waals surface area contributed by atoms with E-state index in [1.807, 2.05) is 0 Å². The van der Waals surface area contributed by atoms with Gasteiger partial charge in [0.2, 0.25) is 5.60 Å². The number of carbonyl (C=O) groups is 1. The lowest BCUT2D eigenvalue weighted by Crippen LogP contribution is -2.49. The highest BCUT2D eigenvalue weighted by molar-refractivity contribution is 5.74. The van der Waals surface area contributed by atoms with Crippen LogP contribution in [0.1, 0.15) is 6.92 Å². The molecule has 0 aromatic rings. The molecule has 1 N–H and O–H groups in total. The largest absolute Gasteiger partial charge is 0.485 e. The van der Waals surface area contributed by atoms with E-state index in [0.717, 1.165) is 12.3 Å². The van der Waals surface area contributed by atoms with Crippen molar-refractivity contribution >= 4 is 5.97 Å². The predicted molar refractivity (Wildman–Crippen MR) is 35.8 cm³/mol. The smallest absolute Gasteiger partial charge is 0.429 e. The summed E-state index contributed by atoms with van der Waals surface area (Å²) in [5.41, 5.74) is -2.64. The molecular weight excluding hydrogens is 189 g/mol. The van der Waals surface area contributed by atoms with Crippen LogP contribution in [-0.2, 0) is 9.53 Å². The van der Waals surface area contributed by atoms with Crippen molar-refractivity contribution in [1.29, 1.82) is 0 Å². The van der Waals surface area contributed by atoms with Gasteiger partial charge in [0.1, 0.15) is 5.92 Å². The van der Waals surface area contributed by atoms with Crippen molar-refractivity contribution in [3.05, 3.63) is 12.3 Å². The first-order valence-electron chi connectivity index (χ1n) is 3.43. The standard InChI is InChI=1S/C7H7F3O3/c1-6(7(8,9)10)4(5(11)12)2-3-13-6/h2-4H,1H3,(H,11,12). The highest BCUT2D eigenvalue weighted by Crippen LogP contribution is 2.43. The Kier molecular flexibility index (Phi) is 2.01. The molecule has 74 valence electrons. The predicted octanol–water partition coefficient (Wildman–Crippen LogP) is 1.55. The first-order chi connectivity index (χ1) is 5.79. The van der Waals surface area contributed by atoms with Crippen LogP contribution in [0, 0.1) is 5.92 Å². The Labute approximate surface area is 71.8 Å². The van der Waals surface area contributed by atoms with Crippen molar-refractivity contribution in [3.8, 4) is 0 Å². The van der Waals surface area contributed by atoms with E-state index in [2.05, 4.69) is 4.74 Å². The van der Waals surface area contributed by atoms with E-state index in [1.165, 1.54) is 0 Å². The van der Waals surface area contributed by atoms with Gasteiger partial charge in [-0.2, -0.15) is 13.2 Å². The molecule has 1 aliphatic heterocycles. The van der Waals surface area contributed by atoms with Crippen molar-refractivity contribution in [3.63, 3.8) is 0 Å². The molecule has 6 heteroatoms. The molecule has 1 rings (SSSR count). The van der Waals surface area contributed by atoms with Gasteiger partial charge in [-0.15, -0.1) is 0 Å². The summed E-state index contributed by atoms with van der Waals surface area (Å²) in [6, 6.07) is 0. The zero-order chi connectivity index (χ0) is 10.3. The minimum atomic E-state index is -4.69. The molecule has 0 fully saturated rings. The number of alkyl halides is 3. The number of carboxylic acids is 1. The lowest BCUT2D eigenvalue weighted by atomic mass is 9.90. The minimum Gasteiger partial charge on any atom is -0.485 e. The second-order valence-corrected chi connectivity index (χ2v) is 2.87. The second kappa shape index (κ2) is 2.65. The van der Waals surface area contributed by atoms with Crippen LogP contribution in [0.2, 0.25) is 0 Å². The highest BCUT2D eigenvalue weighted by atomic mass is 19.4. The van der Waals surface area contributed by atoms with Gasteiger partial charge in [0, 0.05) is 0 Å². The molecule has 0 aliphatic carbocycles. The quantitative estimate of drug-likeness (QED) is 0.692. The highest BCUT2D eigenvalue weighted by Gasteiger charge is 2.61. The van der Waals surface area contributed by atoms with Gasteiger partial charge in [0.25, 0.3) is 0 Å². The average molecular weight is 196 g/mol. The van der Waals surface area contributed by atoms with Crippen LogP contribution in [0.4, 0.5) is 13.2 Å². The number of hydrogen-bond acceptors (Lipinski definition) is 2. The molecule has 0 aromatic heterocycles. The van der Waals surface area contributed by atoms with Gasteiger partial charge in [0.15, 0.2) is 0 Å². The summed E-state index contributed by atoms with van der Waals surface area (Å²) in [7, 11) is 0. The molecule has 0 radical (unpaired) electrons. The van der Waals surface area contributed by atoms with Crippen LogP contribution in [0.25, 0.3) is 0 Å². The zero-order valence-electron chi connectivity index (χ0n) is 6.63. The SMILES string of the molecule is CC1(C(F)(F)F)OC=CC1C(=O)O. The molecule has 2 atom stereocenters. The zero-order valence-corrected chi connectivity index (χ0v) is 6.63. The Balaban J connectivity index is 2.99. The number of carboxylic acid groups (broad SMARTS) is 1. The summed E-state index contributed by atoms with van der Waals surface area (Å²) in [5, 5.41) is 8.48. The molecule has 3 nitrogen and oxygen atoms in total. The van der Waals surface area contributed by atoms with Crippen LogP contribution < -0.4 is 0 Å². The maximum Gasteiger partial charge on any atom is 0.429 e. The normalized spacial score (nSPS) is 33.1. The summed E-state index contributed by atoms with van der Waals surface area (Å²) in [6.45, 7) is 0.714. The molecule has 2 unspecified atom stereocenters. The molecule has 0 saturated heterocycles. The fourth-order valence-corrected chi connectivity index (χ4v) is 1.08. The van der Waals surface area contributed by atoms with E-state index in [1.54, 1.807) is 0 Å². The van der Waals surface area contributed by atoms with Crippen LogP contribution >= 0.6 is 0 Å². The fraction of sp³-hybridized carbons (Fsp3) is 0.571. The van der Waals surface area contributed by atoms with E-state index in [9.17, 15) is 18.0 Å². The second-order valence-electron chi connectivity index (χ2n) is 2.87. The van der Waals surface area contributed by atoms with Gasteiger partial charge >= 0.3 is 12.1 Å².